The fourth-order valence-corrected chi connectivity index (χ4v) is 1.93. The number of pyridine rings is 1. The van der Waals surface area contributed by atoms with Crippen molar-refractivity contribution in [2.45, 2.75) is 6.92 Å². The van der Waals surface area contributed by atoms with Crippen molar-refractivity contribution in [2.24, 2.45) is 0 Å². The Labute approximate surface area is 97.7 Å². The highest BCUT2D eigenvalue weighted by atomic mass is 16.1. The van der Waals surface area contributed by atoms with Gasteiger partial charge in [0.25, 0.3) is 0 Å². The number of rotatable bonds is 1. The number of aryl methyl sites for hydroxylation is 1. The van der Waals surface area contributed by atoms with Gasteiger partial charge in [0.1, 0.15) is 5.69 Å². The average Bonchev–Trinajstić information content (AvgIpc) is 2.70. The maximum Gasteiger partial charge on any atom is 0.406 e. The molecular formula is C13H12N3O+. The van der Waals surface area contributed by atoms with Crippen molar-refractivity contribution in [1.82, 2.24) is 9.90 Å². The Morgan fingerprint density at radius 3 is 2.53 bits per heavy atom. The first-order valence-electron chi connectivity index (χ1n) is 5.45. The van der Waals surface area contributed by atoms with Gasteiger partial charge in [-0.2, -0.15) is 0 Å². The van der Waals surface area contributed by atoms with Crippen molar-refractivity contribution >= 4 is 5.52 Å². The molecule has 4 heteroatoms. The summed E-state index contributed by atoms with van der Waals surface area (Å²) in [6.45, 7) is 1.96. The first kappa shape index (κ1) is 9.84. The fourth-order valence-electron chi connectivity index (χ4n) is 1.93. The van der Waals surface area contributed by atoms with Crippen LogP contribution in [0.3, 0.4) is 0 Å². The number of benzene rings is 1. The predicted octanol–water partition coefficient (Wildman–Crippen LogP) is 1.21. The number of para-hydroxylation sites is 1. The lowest BCUT2D eigenvalue weighted by atomic mass is 10.3. The lowest BCUT2D eigenvalue weighted by molar-refractivity contribution is -0.590. The van der Waals surface area contributed by atoms with Crippen LogP contribution in [0.15, 0.2) is 53.3 Å². The van der Waals surface area contributed by atoms with Crippen LogP contribution in [-0.2, 0) is 0 Å². The Kier molecular flexibility index (Phi) is 2.08. The van der Waals surface area contributed by atoms with Gasteiger partial charge in [0.2, 0.25) is 5.52 Å². The minimum Gasteiger partial charge on any atom is -0.234 e. The second kappa shape index (κ2) is 3.59. The van der Waals surface area contributed by atoms with E-state index in [1.165, 1.54) is 0 Å². The van der Waals surface area contributed by atoms with E-state index in [0.717, 1.165) is 11.4 Å². The zero-order valence-electron chi connectivity index (χ0n) is 9.42. The molecule has 1 N–H and O–H groups in total. The van der Waals surface area contributed by atoms with Crippen molar-refractivity contribution in [2.75, 3.05) is 0 Å². The van der Waals surface area contributed by atoms with Crippen molar-refractivity contribution in [1.29, 1.82) is 0 Å². The normalized spacial score (nSPS) is 10.9. The molecule has 84 valence electrons. The summed E-state index contributed by atoms with van der Waals surface area (Å²) in [4.78, 5) is 12.2. The maximum atomic E-state index is 12.2. The van der Waals surface area contributed by atoms with Gasteiger partial charge in [-0.3, -0.25) is 0 Å². The maximum absolute atomic E-state index is 12.2. The van der Waals surface area contributed by atoms with Crippen LogP contribution in [-0.4, -0.2) is 9.90 Å². The van der Waals surface area contributed by atoms with Crippen molar-refractivity contribution in [3.05, 3.63) is 64.6 Å². The lowest BCUT2D eigenvalue weighted by Gasteiger charge is -1.91. The molecule has 3 rings (SSSR count). The van der Waals surface area contributed by atoms with Gasteiger partial charge in [0.15, 0.2) is 5.69 Å². The van der Waals surface area contributed by atoms with E-state index in [-0.39, 0.29) is 5.56 Å². The van der Waals surface area contributed by atoms with Crippen LogP contribution in [0.25, 0.3) is 11.2 Å². The van der Waals surface area contributed by atoms with Crippen molar-refractivity contribution in [3.63, 3.8) is 0 Å². The molecule has 1 aromatic carbocycles. The second-order valence-electron chi connectivity index (χ2n) is 3.96. The molecule has 4 nitrogen and oxygen atoms in total. The molecule has 2 aromatic heterocycles. The van der Waals surface area contributed by atoms with Gasteiger partial charge in [0, 0.05) is 6.92 Å². The van der Waals surface area contributed by atoms with E-state index in [1.807, 2.05) is 55.5 Å². The minimum absolute atomic E-state index is 0.0418. The molecule has 17 heavy (non-hydrogen) atoms. The fraction of sp³-hybridized carbons (Fsp3) is 0.0769. The van der Waals surface area contributed by atoms with Crippen LogP contribution < -0.4 is 10.1 Å². The first-order chi connectivity index (χ1) is 8.27. The Morgan fingerprint density at radius 1 is 1.06 bits per heavy atom. The molecular weight excluding hydrogens is 214 g/mol. The third-order valence-corrected chi connectivity index (χ3v) is 2.82. The Morgan fingerprint density at radius 2 is 1.82 bits per heavy atom. The van der Waals surface area contributed by atoms with Gasteiger partial charge in [0.05, 0.1) is 0 Å². The Balaban J connectivity index is 2.37. The van der Waals surface area contributed by atoms with Gasteiger partial charge in [-0.05, 0) is 24.3 Å². The van der Waals surface area contributed by atoms with Crippen LogP contribution >= 0.6 is 0 Å². The zero-order chi connectivity index (χ0) is 11.8. The van der Waals surface area contributed by atoms with E-state index in [9.17, 15) is 4.79 Å². The summed E-state index contributed by atoms with van der Waals surface area (Å²) >= 11 is 0. The van der Waals surface area contributed by atoms with Gasteiger partial charge < -0.3 is 0 Å². The van der Waals surface area contributed by atoms with Gasteiger partial charge in [-0.25, -0.2) is 4.79 Å². The van der Waals surface area contributed by atoms with Crippen molar-refractivity contribution in [3.8, 4) is 5.69 Å². The van der Waals surface area contributed by atoms with Crippen LogP contribution in [0.4, 0.5) is 0 Å². The molecule has 0 atom stereocenters. The monoisotopic (exact) mass is 226 g/mol. The zero-order valence-corrected chi connectivity index (χ0v) is 9.42. The van der Waals surface area contributed by atoms with E-state index >= 15 is 0 Å². The number of H-pyrrole nitrogens is 1. The highest BCUT2D eigenvalue weighted by Crippen LogP contribution is 2.02. The third-order valence-electron chi connectivity index (χ3n) is 2.82. The van der Waals surface area contributed by atoms with E-state index in [4.69, 9.17) is 0 Å². The summed E-state index contributed by atoms with van der Waals surface area (Å²) in [5.74, 6) is 0. The Hall–Kier alpha value is -2.36. The molecule has 0 aliphatic carbocycles. The van der Waals surface area contributed by atoms with Gasteiger partial charge in [-0.15, -0.1) is 4.52 Å². The molecule has 0 fully saturated rings. The smallest absolute Gasteiger partial charge is 0.234 e. The SMILES string of the molecule is Cc1cccc2c(=O)n(-c3ccccc3)[nH][n+]12. The van der Waals surface area contributed by atoms with Crippen LogP contribution in [0, 0.1) is 6.92 Å². The van der Waals surface area contributed by atoms with Gasteiger partial charge in [-0.1, -0.05) is 34.2 Å². The molecule has 0 aliphatic rings. The molecule has 0 spiro atoms. The average molecular weight is 226 g/mol. The summed E-state index contributed by atoms with van der Waals surface area (Å²) in [6.07, 6.45) is 0. The second-order valence-corrected chi connectivity index (χ2v) is 3.96. The molecule has 3 aromatic rings. The van der Waals surface area contributed by atoms with Gasteiger partial charge >= 0.3 is 5.56 Å². The Bertz CT molecular complexity index is 725. The number of hydrogen-bond donors (Lipinski definition) is 1. The number of aromatic amines is 1. The summed E-state index contributed by atoms with van der Waals surface area (Å²) in [5, 5.41) is 3.07. The van der Waals surface area contributed by atoms with Crippen LogP contribution in [0.2, 0.25) is 0 Å². The molecule has 2 heterocycles. The number of fused-ring (bicyclic) bond motifs is 1. The molecule has 0 radical (unpaired) electrons. The minimum atomic E-state index is -0.0418. The van der Waals surface area contributed by atoms with E-state index in [2.05, 4.69) is 5.21 Å². The molecule has 0 saturated heterocycles. The highest BCUT2D eigenvalue weighted by molar-refractivity contribution is 5.39. The third kappa shape index (κ3) is 1.45. The molecule has 0 bridgehead atoms. The largest absolute Gasteiger partial charge is 0.406 e. The highest BCUT2D eigenvalue weighted by Gasteiger charge is 2.16. The topological polar surface area (TPSA) is 41.9 Å². The van der Waals surface area contributed by atoms with Crippen LogP contribution in [0.1, 0.15) is 5.69 Å². The van der Waals surface area contributed by atoms with E-state index in [1.54, 1.807) is 9.20 Å². The molecule has 0 aliphatic heterocycles. The first-order valence-corrected chi connectivity index (χ1v) is 5.45. The van der Waals surface area contributed by atoms with E-state index in [0.29, 0.717) is 5.52 Å². The summed E-state index contributed by atoms with van der Waals surface area (Å²) in [6, 6.07) is 15.2. The molecule has 0 amide bonds. The summed E-state index contributed by atoms with van der Waals surface area (Å²) < 4.78 is 3.33. The lowest BCUT2D eigenvalue weighted by Crippen LogP contribution is -2.28. The quantitative estimate of drug-likeness (QED) is 0.623. The standard InChI is InChI=1S/C13H11N3O/c1-10-6-5-9-12-13(17)16(14-15(10)12)11-7-3-2-4-8-11/h2-9H,1H3/p+1. The van der Waals surface area contributed by atoms with Crippen molar-refractivity contribution < 1.29 is 4.52 Å². The number of nitrogens with zero attached hydrogens (tertiary/aromatic N) is 2. The van der Waals surface area contributed by atoms with E-state index < -0.39 is 0 Å². The summed E-state index contributed by atoms with van der Waals surface area (Å²) in [5.41, 5.74) is 2.43. The molecule has 0 saturated carbocycles. The predicted molar refractivity (Wildman–Crippen MR) is 64.3 cm³/mol. The summed E-state index contributed by atoms with van der Waals surface area (Å²) in [7, 11) is 0. The number of nitrogens with one attached hydrogen (secondary N) is 1. The number of aromatic nitrogens is 3. The number of hydrogen-bond acceptors (Lipinski definition) is 1. The van der Waals surface area contributed by atoms with Crippen LogP contribution in [0.5, 0.6) is 0 Å². The molecule has 0 unspecified atom stereocenters.